The van der Waals surface area contributed by atoms with Gasteiger partial charge in [0.15, 0.2) is 0 Å². The SMILES string of the molecule is Cc1cccc2c(Nc3ccnc(Nc4cc(F)cc(N5CCCCC5)c4)n3)cnnc12. The van der Waals surface area contributed by atoms with Crippen LogP contribution in [0, 0.1) is 12.7 Å². The summed E-state index contributed by atoms with van der Waals surface area (Å²) >= 11 is 0. The fourth-order valence-electron chi connectivity index (χ4n) is 4.06. The molecule has 0 amide bonds. The summed E-state index contributed by atoms with van der Waals surface area (Å²) in [7, 11) is 0. The summed E-state index contributed by atoms with van der Waals surface area (Å²) < 4.78 is 14.3. The number of nitrogens with one attached hydrogen (secondary N) is 2. The van der Waals surface area contributed by atoms with Crippen LogP contribution < -0.4 is 15.5 Å². The summed E-state index contributed by atoms with van der Waals surface area (Å²) in [4.78, 5) is 11.1. The molecular formula is C24H24FN7. The first kappa shape index (κ1) is 20.1. The fraction of sp³-hybridized carbons (Fsp3) is 0.250. The molecule has 162 valence electrons. The minimum absolute atomic E-state index is 0.283. The number of hydrogen-bond acceptors (Lipinski definition) is 7. The second-order valence-electron chi connectivity index (χ2n) is 7.99. The molecule has 2 N–H and O–H groups in total. The number of hydrogen-bond donors (Lipinski definition) is 2. The van der Waals surface area contributed by atoms with Gasteiger partial charge >= 0.3 is 0 Å². The van der Waals surface area contributed by atoms with Gasteiger partial charge in [-0.3, -0.25) is 0 Å². The second kappa shape index (κ2) is 8.74. The quantitative estimate of drug-likeness (QED) is 0.443. The Kier molecular flexibility index (Phi) is 5.49. The molecule has 1 saturated heterocycles. The molecule has 1 fully saturated rings. The maximum atomic E-state index is 14.3. The number of aromatic nitrogens is 4. The lowest BCUT2D eigenvalue weighted by Crippen LogP contribution is -2.29. The van der Waals surface area contributed by atoms with E-state index in [2.05, 4.69) is 35.7 Å². The smallest absolute Gasteiger partial charge is 0.229 e. The summed E-state index contributed by atoms with van der Waals surface area (Å²) in [5.41, 5.74) is 4.20. The first-order chi connectivity index (χ1) is 15.7. The highest BCUT2D eigenvalue weighted by Crippen LogP contribution is 2.28. The third-order valence-electron chi connectivity index (χ3n) is 5.65. The zero-order valence-electron chi connectivity index (χ0n) is 17.8. The van der Waals surface area contributed by atoms with Gasteiger partial charge in [0.25, 0.3) is 0 Å². The van der Waals surface area contributed by atoms with Gasteiger partial charge in [0.2, 0.25) is 5.95 Å². The Bertz CT molecular complexity index is 1250. The van der Waals surface area contributed by atoms with Crippen LogP contribution in [0.1, 0.15) is 24.8 Å². The average Bonchev–Trinajstić information content (AvgIpc) is 2.80. The van der Waals surface area contributed by atoms with Gasteiger partial charge in [-0.25, -0.2) is 9.37 Å². The summed E-state index contributed by atoms with van der Waals surface area (Å²) in [6.45, 7) is 3.91. The summed E-state index contributed by atoms with van der Waals surface area (Å²) in [5, 5.41) is 15.7. The molecule has 4 aromatic rings. The number of benzene rings is 2. The second-order valence-corrected chi connectivity index (χ2v) is 7.99. The van der Waals surface area contributed by atoms with Crippen LogP contribution in [-0.4, -0.2) is 33.3 Å². The maximum absolute atomic E-state index is 14.3. The number of rotatable bonds is 5. The van der Waals surface area contributed by atoms with Crippen LogP contribution in [0.15, 0.2) is 54.9 Å². The molecule has 0 atom stereocenters. The standard InChI is InChI=1S/C24H24FN7/c1-16-6-5-7-20-21(15-27-31-23(16)20)29-22-8-9-26-24(30-22)28-18-12-17(25)13-19(14-18)32-10-3-2-4-11-32/h5-9,12-15H,2-4,10-11H2,1H3,(H2,26,28,29,30,31). The van der Waals surface area contributed by atoms with E-state index >= 15 is 0 Å². The van der Waals surface area contributed by atoms with Gasteiger partial charge in [-0.15, -0.1) is 0 Å². The van der Waals surface area contributed by atoms with Crippen LogP contribution in [0.3, 0.4) is 0 Å². The first-order valence-corrected chi connectivity index (χ1v) is 10.8. The molecule has 32 heavy (non-hydrogen) atoms. The van der Waals surface area contributed by atoms with E-state index in [-0.39, 0.29) is 5.82 Å². The number of anilines is 5. The van der Waals surface area contributed by atoms with Gasteiger partial charge in [-0.05, 0) is 56.0 Å². The molecule has 0 aliphatic carbocycles. The zero-order valence-corrected chi connectivity index (χ0v) is 17.8. The molecule has 8 heteroatoms. The van der Waals surface area contributed by atoms with Crippen LogP contribution in [0.2, 0.25) is 0 Å². The third kappa shape index (κ3) is 4.30. The Morgan fingerprint density at radius 1 is 1.00 bits per heavy atom. The zero-order chi connectivity index (χ0) is 21.9. The van der Waals surface area contributed by atoms with E-state index in [0.29, 0.717) is 17.5 Å². The Morgan fingerprint density at radius 3 is 2.75 bits per heavy atom. The molecule has 5 rings (SSSR count). The van der Waals surface area contributed by atoms with Crippen molar-refractivity contribution in [2.75, 3.05) is 28.6 Å². The average molecular weight is 430 g/mol. The van der Waals surface area contributed by atoms with Crippen molar-refractivity contribution < 1.29 is 4.39 Å². The van der Waals surface area contributed by atoms with Crippen LogP contribution in [-0.2, 0) is 0 Å². The van der Waals surface area contributed by atoms with Crippen molar-refractivity contribution in [3.8, 4) is 0 Å². The number of piperidine rings is 1. The molecule has 3 heterocycles. The number of aryl methyl sites for hydroxylation is 1. The molecule has 7 nitrogen and oxygen atoms in total. The highest BCUT2D eigenvalue weighted by Gasteiger charge is 2.13. The van der Waals surface area contributed by atoms with E-state index in [0.717, 1.165) is 53.8 Å². The minimum Gasteiger partial charge on any atom is -0.371 e. The minimum atomic E-state index is -0.283. The van der Waals surface area contributed by atoms with Gasteiger partial charge in [0.1, 0.15) is 11.6 Å². The molecule has 0 spiro atoms. The van der Waals surface area contributed by atoms with Gasteiger partial charge in [-0.1, -0.05) is 18.2 Å². The Morgan fingerprint density at radius 2 is 1.88 bits per heavy atom. The van der Waals surface area contributed by atoms with Gasteiger partial charge in [-0.2, -0.15) is 15.2 Å². The van der Waals surface area contributed by atoms with E-state index in [1.807, 2.05) is 31.2 Å². The van der Waals surface area contributed by atoms with Gasteiger partial charge < -0.3 is 15.5 Å². The van der Waals surface area contributed by atoms with E-state index < -0.39 is 0 Å². The molecule has 1 aliphatic rings. The van der Waals surface area contributed by atoms with Crippen molar-refractivity contribution in [1.82, 2.24) is 20.2 Å². The van der Waals surface area contributed by atoms with E-state index in [1.54, 1.807) is 24.5 Å². The van der Waals surface area contributed by atoms with Crippen molar-refractivity contribution in [3.63, 3.8) is 0 Å². The number of halogens is 1. The predicted molar refractivity (Wildman–Crippen MR) is 125 cm³/mol. The lowest BCUT2D eigenvalue weighted by Gasteiger charge is -2.29. The van der Waals surface area contributed by atoms with Crippen LogP contribution in [0.25, 0.3) is 10.9 Å². The normalized spacial score (nSPS) is 13.9. The summed E-state index contributed by atoms with van der Waals surface area (Å²) in [5.74, 6) is 0.702. The highest BCUT2D eigenvalue weighted by molar-refractivity contribution is 5.93. The Hall–Kier alpha value is -3.81. The largest absolute Gasteiger partial charge is 0.371 e. The molecule has 2 aromatic carbocycles. The predicted octanol–water partition coefficient (Wildman–Crippen LogP) is 5.34. The van der Waals surface area contributed by atoms with Crippen molar-refractivity contribution in [2.45, 2.75) is 26.2 Å². The van der Waals surface area contributed by atoms with E-state index in [9.17, 15) is 4.39 Å². The molecule has 0 unspecified atom stereocenters. The Balaban J connectivity index is 1.38. The van der Waals surface area contributed by atoms with Crippen molar-refractivity contribution in [3.05, 3.63) is 66.2 Å². The van der Waals surface area contributed by atoms with Gasteiger partial charge in [0.05, 0.1) is 17.4 Å². The summed E-state index contributed by atoms with van der Waals surface area (Å²) in [6, 6.07) is 12.7. The molecule has 0 saturated carbocycles. The third-order valence-corrected chi connectivity index (χ3v) is 5.65. The van der Waals surface area contributed by atoms with Crippen molar-refractivity contribution in [2.24, 2.45) is 0 Å². The monoisotopic (exact) mass is 429 g/mol. The van der Waals surface area contributed by atoms with Crippen LogP contribution >= 0.6 is 0 Å². The van der Waals surface area contributed by atoms with Crippen molar-refractivity contribution in [1.29, 1.82) is 0 Å². The number of fused-ring (bicyclic) bond motifs is 1. The topological polar surface area (TPSA) is 78.9 Å². The highest BCUT2D eigenvalue weighted by atomic mass is 19.1. The molecule has 2 aromatic heterocycles. The van der Waals surface area contributed by atoms with Gasteiger partial charge in [0, 0.05) is 36.0 Å². The molecule has 0 bridgehead atoms. The van der Waals surface area contributed by atoms with Crippen LogP contribution in [0.5, 0.6) is 0 Å². The van der Waals surface area contributed by atoms with Crippen LogP contribution in [0.4, 0.5) is 33.2 Å². The summed E-state index contributed by atoms with van der Waals surface area (Å²) in [6.07, 6.45) is 6.83. The maximum Gasteiger partial charge on any atom is 0.229 e. The molecule has 1 aliphatic heterocycles. The first-order valence-electron chi connectivity index (χ1n) is 10.8. The van der Waals surface area contributed by atoms with Crippen molar-refractivity contribution >= 4 is 39.7 Å². The molecule has 0 radical (unpaired) electrons. The fourth-order valence-corrected chi connectivity index (χ4v) is 4.06. The van der Waals surface area contributed by atoms with E-state index in [1.165, 1.54) is 12.5 Å². The van der Waals surface area contributed by atoms with E-state index in [4.69, 9.17) is 0 Å². The Labute approximate surface area is 185 Å². The molecular weight excluding hydrogens is 405 g/mol. The lowest BCUT2D eigenvalue weighted by atomic mass is 10.1. The number of nitrogens with zero attached hydrogens (tertiary/aromatic N) is 5. The lowest BCUT2D eigenvalue weighted by molar-refractivity contribution is 0.574.